The zero-order valence-electron chi connectivity index (χ0n) is 12.9. The number of urea groups is 1. The highest BCUT2D eigenvalue weighted by molar-refractivity contribution is 6.30. The van der Waals surface area contributed by atoms with Crippen molar-refractivity contribution >= 4 is 40.6 Å². The Kier molecular flexibility index (Phi) is 5.53. The van der Waals surface area contributed by atoms with Gasteiger partial charge in [0.15, 0.2) is 0 Å². The summed E-state index contributed by atoms with van der Waals surface area (Å²) in [5.41, 5.74) is -0.593. The topological polar surface area (TPSA) is 70.2 Å². The van der Waals surface area contributed by atoms with Gasteiger partial charge in [-0.25, -0.2) is 4.79 Å². The summed E-state index contributed by atoms with van der Waals surface area (Å²) in [5.74, 6) is -0.249. The smallest absolute Gasteiger partial charge is 0.326 e. The van der Waals surface area contributed by atoms with Gasteiger partial charge in [0, 0.05) is 23.3 Å². The second-order valence-electron chi connectivity index (χ2n) is 5.03. The number of alkyl halides is 3. The number of amides is 3. The van der Waals surface area contributed by atoms with Crippen molar-refractivity contribution in [3.8, 4) is 0 Å². The van der Waals surface area contributed by atoms with E-state index in [-0.39, 0.29) is 10.9 Å². The molecule has 2 aromatic rings. The molecule has 2 aromatic carbocycles. The quantitative estimate of drug-likeness (QED) is 0.713. The molecule has 3 amide bonds. The summed E-state index contributed by atoms with van der Waals surface area (Å²) in [6.45, 7) is 1.35. The summed E-state index contributed by atoms with van der Waals surface area (Å²) >= 11 is 5.58. The molecule has 25 heavy (non-hydrogen) atoms. The minimum absolute atomic E-state index is 0.0909. The van der Waals surface area contributed by atoms with E-state index >= 15 is 0 Å². The first kappa shape index (κ1) is 18.6. The van der Waals surface area contributed by atoms with Crippen LogP contribution in [0, 0.1) is 0 Å². The van der Waals surface area contributed by atoms with E-state index < -0.39 is 23.5 Å². The van der Waals surface area contributed by atoms with E-state index in [9.17, 15) is 22.8 Å². The van der Waals surface area contributed by atoms with Crippen LogP contribution in [0.5, 0.6) is 0 Å². The minimum atomic E-state index is -4.66. The Morgan fingerprint density at radius 2 is 1.48 bits per heavy atom. The third-order valence-corrected chi connectivity index (χ3v) is 3.23. The highest BCUT2D eigenvalue weighted by Gasteiger charge is 2.34. The second-order valence-corrected chi connectivity index (χ2v) is 5.46. The summed E-state index contributed by atoms with van der Waals surface area (Å²) in [5, 5.41) is 7.00. The maximum atomic E-state index is 13.0. The van der Waals surface area contributed by atoms with Crippen LogP contribution in [0.3, 0.4) is 0 Å². The van der Waals surface area contributed by atoms with E-state index in [1.165, 1.54) is 25.1 Å². The lowest BCUT2D eigenvalue weighted by Crippen LogP contribution is -2.21. The lowest BCUT2D eigenvalue weighted by atomic mass is 10.1. The van der Waals surface area contributed by atoms with Crippen molar-refractivity contribution in [2.24, 2.45) is 0 Å². The summed E-state index contributed by atoms with van der Waals surface area (Å²) < 4.78 is 39.0. The van der Waals surface area contributed by atoms with Gasteiger partial charge in [0.05, 0.1) is 11.3 Å². The first-order chi connectivity index (χ1) is 11.6. The van der Waals surface area contributed by atoms with Gasteiger partial charge >= 0.3 is 12.2 Å². The first-order valence-electron chi connectivity index (χ1n) is 6.97. The molecule has 0 aliphatic rings. The minimum Gasteiger partial charge on any atom is -0.326 e. The zero-order chi connectivity index (χ0) is 18.6. The molecule has 0 saturated carbocycles. The molecular formula is C16H13ClF3N3O2. The van der Waals surface area contributed by atoms with Crippen molar-refractivity contribution in [3.63, 3.8) is 0 Å². The molecule has 5 nitrogen and oxygen atoms in total. The monoisotopic (exact) mass is 371 g/mol. The molecular weight excluding hydrogens is 359 g/mol. The molecule has 0 heterocycles. The zero-order valence-corrected chi connectivity index (χ0v) is 13.6. The predicted molar refractivity (Wildman–Crippen MR) is 89.8 cm³/mol. The Morgan fingerprint density at radius 3 is 2.00 bits per heavy atom. The standard InChI is InChI=1S/C16H13ClF3N3O2/c1-9(24)21-11-3-5-12(6-4-11)22-15(25)23-14-7-2-10(17)8-13(14)16(18,19)20/h2-8H,1H3,(H,21,24)(H2,22,23,25). The molecule has 0 saturated heterocycles. The molecule has 132 valence electrons. The van der Waals surface area contributed by atoms with Gasteiger partial charge in [0.1, 0.15) is 0 Å². The maximum Gasteiger partial charge on any atom is 0.418 e. The fourth-order valence-electron chi connectivity index (χ4n) is 1.98. The molecule has 0 aromatic heterocycles. The molecule has 9 heteroatoms. The van der Waals surface area contributed by atoms with Gasteiger partial charge in [-0.15, -0.1) is 0 Å². The van der Waals surface area contributed by atoms with Gasteiger partial charge in [0.2, 0.25) is 5.91 Å². The van der Waals surface area contributed by atoms with E-state index in [0.29, 0.717) is 11.4 Å². The number of nitrogens with one attached hydrogen (secondary N) is 3. The lowest BCUT2D eigenvalue weighted by molar-refractivity contribution is -0.136. The van der Waals surface area contributed by atoms with Crippen LogP contribution in [0.2, 0.25) is 5.02 Å². The second kappa shape index (κ2) is 7.43. The number of hydrogen-bond donors (Lipinski definition) is 3. The Morgan fingerprint density at radius 1 is 0.920 bits per heavy atom. The summed E-state index contributed by atoms with van der Waals surface area (Å²) in [6.07, 6.45) is -4.66. The third-order valence-electron chi connectivity index (χ3n) is 3.00. The molecule has 0 radical (unpaired) electrons. The number of halogens is 4. The third kappa shape index (κ3) is 5.39. The normalized spacial score (nSPS) is 10.9. The fraction of sp³-hybridized carbons (Fsp3) is 0.125. The highest BCUT2D eigenvalue weighted by Crippen LogP contribution is 2.36. The number of anilines is 3. The average Bonchev–Trinajstić information content (AvgIpc) is 2.49. The van der Waals surface area contributed by atoms with Gasteiger partial charge in [-0.1, -0.05) is 11.6 Å². The van der Waals surface area contributed by atoms with Crippen LogP contribution in [0.1, 0.15) is 12.5 Å². The fourth-order valence-corrected chi connectivity index (χ4v) is 2.16. The summed E-state index contributed by atoms with van der Waals surface area (Å²) in [7, 11) is 0. The molecule has 2 rings (SSSR count). The van der Waals surface area contributed by atoms with E-state index in [2.05, 4.69) is 16.0 Å². The Balaban J connectivity index is 2.09. The molecule has 0 aliphatic carbocycles. The van der Waals surface area contributed by atoms with Crippen LogP contribution in [0.4, 0.5) is 35.0 Å². The van der Waals surface area contributed by atoms with Crippen LogP contribution in [-0.2, 0) is 11.0 Å². The largest absolute Gasteiger partial charge is 0.418 e. The maximum absolute atomic E-state index is 13.0. The van der Waals surface area contributed by atoms with Crippen molar-refractivity contribution in [2.45, 2.75) is 13.1 Å². The number of rotatable bonds is 3. The number of carbonyl (C=O) groups is 2. The van der Waals surface area contributed by atoms with Crippen molar-refractivity contribution in [3.05, 3.63) is 53.1 Å². The average molecular weight is 372 g/mol. The van der Waals surface area contributed by atoms with Crippen LogP contribution in [0.15, 0.2) is 42.5 Å². The summed E-state index contributed by atoms with van der Waals surface area (Å²) in [6, 6.07) is 8.29. The Bertz CT molecular complexity index is 792. The molecule has 0 spiro atoms. The van der Waals surface area contributed by atoms with E-state index in [1.807, 2.05) is 0 Å². The predicted octanol–water partition coefficient (Wildman–Crippen LogP) is 4.96. The van der Waals surface area contributed by atoms with E-state index in [1.54, 1.807) is 12.1 Å². The molecule has 0 aliphatic heterocycles. The van der Waals surface area contributed by atoms with E-state index in [4.69, 9.17) is 11.6 Å². The van der Waals surface area contributed by atoms with Crippen molar-refractivity contribution < 1.29 is 22.8 Å². The van der Waals surface area contributed by atoms with Crippen LogP contribution in [0.25, 0.3) is 0 Å². The molecule has 0 fully saturated rings. The van der Waals surface area contributed by atoms with Gasteiger partial charge in [-0.3, -0.25) is 4.79 Å². The lowest BCUT2D eigenvalue weighted by Gasteiger charge is -2.14. The molecule has 0 atom stereocenters. The Labute approximate surface area is 146 Å². The van der Waals surface area contributed by atoms with Gasteiger partial charge in [-0.2, -0.15) is 13.2 Å². The number of hydrogen-bond acceptors (Lipinski definition) is 2. The summed E-state index contributed by atoms with van der Waals surface area (Å²) in [4.78, 5) is 22.8. The van der Waals surface area contributed by atoms with Gasteiger partial charge < -0.3 is 16.0 Å². The van der Waals surface area contributed by atoms with Crippen molar-refractivity contribution in [1.82, 2.24) is 0 Å². The molecule has 3 N–H and O–H groups in total. The SMILES string of the molecule is CC(=O)Nc1ccc(NC(=O)Nc2ccc(Cl)cc2C(F)(F)F)cc1. The molecule has 0 bridgehead atoms. The van der Waals surface area contributed by atoms with Crippen LogP contribution in [-0.4, -0.2) is 11.9 Å². The van der Waals surface area contributed by atoms with Crippen molar-refractivity contribution in [2.75, 3.05) is 16.0 Å². The number of carbonyl (C=O) groups excluding carboxylic acids is 2. The van der Waals surface area contributed by atoms with Crippen molar-refractivity contribution in [1.29, 1.82) is 0 Å². The van der Waals surface area contributed by atoms with Crippen LogP contribution < -0.4 is 16.0 Å². The number of benzene rings is 2. The van der Waals surface area contributed by atoms with Crippen LogP contribution >= 0.6 is 11.6 Å². The Hall–Kier alpha value is -2.74. The van der Waals surface area contributed by atoms with Gasteiger partial charge in [-0.05, 0) is 42.5 Å². The van der Waals surface area contributed by atoms with Gasteiger partial charge in [0.25, 0.3) is 0 Å². The first-order valence-corrected chi connectivity index (χ1v) is 7.35. The molecule has 0 unspecified atom stereocenters. The highest BCUT2D eigenvalue weighted by atomic mass is 35.5. The van der Waals surface area contributed by atoms with E-state index in [0.717, 1.165) is 12.1 Å².